The van der Waals surface area contributed by atoms with Crippen LogP contribution in [0.3, 0.4) is 0 Å². The SMILES string of the molecule is FCC(F)(F)O[C]=S. The van der Waals surface area contributed by atoms with Crippen LogP contribution in [0.2, 0.25) is 0 Å². The van der Waals surface area contributed by atoms with E-state index in [2.05, 4.69) is 17.0 Å². The molecule has 0 aromatic carbocycles. The fourth-order valence-electron chi connectivity index (χ4n) is 0.0882. The van der Waals surface area contributed by atoms with Gasteiger partial charge < -0.3 is 4.74 Å². The molecule has 0 fully saturated rings. The summed E-state index contributed by atoms with van der Waals surface area (Å²) in [4.78, 5) is 0. The van der Waals surface area contributed by atoms with Crippen molar-refractivity contribution >= 4 is 17.8 Å². The van der Waals surface area contributed by atoms with Gasteiger partial charge in [-0.05, 0) is 12.2 Å². The van der Waals surface area contributed by atoms with E-state index in [0.29, 0.717) is 0 Å². The highest BCUT2D eigenvalue weighted by atomic mass is 32.1. The van der Waals surface area contributed by atoms with Crippen LogP contribution in [0, 0.1) is 0 Å². The molecule has 5 heteroatoms. The van der Waals surface area contributed by atoms with Crippen molar-refractivity contribution in [2.75, 3.05) is 6.67 Å². The second kappa shape index (κ2) is 2.86. The third-order valence-corrected chi connectivity index (χ3v) is 0.430. The summed E-state index contributed by atoms with van der Waals surface area (Å²) in [6.07, 6.45) is -3.79. The van der Waals surface area contributed by atoms with Crippen molar-refractivity contribution in [2.24, 2.45) is 0 Å². The summed E-state index contributed by atoms with van der Waals surface area (Å²) in [5.74, 6) is 0. The van der Waals surface area contributed by atoms with Crippen LogP contribution in [0.4, 0.5) is 13.2 Å². The molecule has 1 radical (unpaired) electrons. The molecule has 0 atom stereocenters. The molecule has 0 amide bonds. The average Bonchev–Trinajstić information content (AvgIpc) is 1.67. The number of halogens is 3. The Kier molecular flexibility index (Phi) is 2.75. The molecule has 8 heavy (non-hydrogen) atoms. The summed E-state index contributed by atoms with van der Waals surface area (Å²) < 4.78 is 37.1. The van der Waals surface area contributed by atoms with Crippen molar-refractivity contribution in [3.8, 4) is 0 Å². The number of hydrogen-bond acceptors (Lipinski definition) is 2. The predicted octanol–water partition coefficient (Wildman–Crippen LogP) is 1.40. The highest BCUT2D eigenvalue weighted by Crippen LogP contribution is 2.13. The van der Waals surface area contributed by atoms with Gasteiger partial charge >= 0.3 is 6.11 Å². The molecule has 1 nitrogen and oxygen atoms in total. The minimum atomic E-state index is -3.79. The van der Waals surface area contributed by atoms with E-state index >= 15 is 0 Å². The van der Waals surface area contributed by atoms with Gasteiger partial charge in [0, 0.05) is 0 Å². The first kappa shape index (κ1) is 7.68. The minimum Gasteiger partial charge on any atom is -0.415 e. The van der Waals surface area contributed by atoms with Crippen LogP contribution in [0.25, 0.3) is 0 Å². The molecule has 0 bridgehead atoms. The summed E-state index contributed by atoms with van der Waals surface area (Å²) in [5.41, 5.74) is 1.25. The van der Waals surface area contributed by atoms with E-state index < -0.39 is 12.8 Å². The van der Waals surface area contributed by atoms with Crippen LogP contribution < -0.4 is 0 Å². The number of hydrogen-bond donors (Lipinski definition) is 0. The smallest absolute Gasteiger partial charge is 0.415 e. The van der Waals surface area contributed by atoms with Crippen LogP contribution in [0.5, 0.6) is 0 Å². The summed E-state index contributed by atoms with van der Waals surface area (Å²) in [7, 11) is 0. The first-order valence-corrected chi connectivity index (χ1v) is 2.02. The Labute approximate surface area is 49.4 Å². The van der Waals surface area contributed by atoms with Gasteiger partial charge in [-0.15, -0.1) is 0 Å². The topological polar surface area (TPSA) is 9.23 Å². The van der Waals surface area contributed by atoms with E-state index in [1.54, 1.807) is 0 Å². The first-order valence-electron chi connectivity index (χ1n) is 1.61. The van der Waals surface area contributed by atoms with Gasteiger partial charge in [-0.25, -0.2) is 4.39 Å². The normalized spacial score (nSPS) is 10.9. The molecule has 0 spiro atoms. The van der Waals surface area contributed by atoms with Crippen molar-refractivity contribution in [2.45, 2.75) is 6.11 Å². The van der Waals surface area contributed by atoms with Gasteiger partial charge in [0.2, 0.25) is 5.55 Å². The number of rotatable bonds is 3. The maximum absolute atomic E-state index is 11.4. The predicted molar refractivity (Wildman–Crippen MR) is 24.6 cm³/mol. The highest BCUT2D eigenvalue weighted by molar-refractivity contribution is 7.78. The lowest BCUT2D eigenvalue weighted by molar-refractivity contribution is -0.190. The maximum Gasteiger partial charge on any atom is 0.427 e. The van der Waals surface area contributed by atoms with Gasteiger partial charge in [0.05, 0.1) is 0 Å². The van der Waals surface area contributed by atoms with Crippen LogP contribution in [0.15, 0.2) is 0 Å². The molecule has 0 heterocycles. The van der Waals surface area contributed by atoms with Gasteiger partial charge in [0.15, 0.2) is 6.67 Å². The molecule has 0 aliphatic heterocycles. The summed E-state index contributed by atoms with van der Waals surface area (Å²) in [5, 5.41) is 0. The number of alkyl halides is 3. The lowest BCUT2D eigenvalue weighted by atomic mass is 10.7. The van der Waals surface area contributed by atoms with Gasteiger partial charge in [-0.1, -0.05) is 0 Å². The fraction of sp³-hybridized carbons (Fsp3) is 0.667. The zero-order valence-electron chi connectivity index (χ0n) is 3.66. The monoisotopic (exact) mass is 143 g/mol. The Hall–Kier alpha value is -0.320. The number of ether oxygens (including phenoxy) is 1. The van der Waals surface area contributed by atoms with Gasteiger partial charge in [-0.2, -0.15) is 8.78 Å². The Morgan fingerprint density at radius 3 is 2.25 bits per heavy atom. The van der Waals surface area contributed by atoms with E-state index in [4.69, 9.17) is 0 Å². The Bertz CT molecular complexity index is 84.6. The van der Waals surface area contributed by atoms with E-state index in [-0.39, 0.29) is 0 Å². The Morgan fingerprint density at radius 2 is 2.12 bits per heavy atom. The van der Waals surface area contributed by atoms with Crippen LogP contribution in [0.1, 0.15) is 0 Å². The quantitative estimate of drug-likeness (QED) is 0.552. The molecule has 0 aliphatic rings. The second-order valence-corrected chi connectivity index (χ2v) is 1.12. The third kappa shape index (κ3) is 2.79. The zero-order chi connectivity index (χ0) is 6.62. The molecular weight excluding hydrogens is 141 g/mol. The highest BCUT2D eigenvalue weighted by Gasteiger charge is 2.29. The lowest BCUT2D eigenvalue weighted by Crippen LogP contribution is -2.21. The van der Waals surface area contributed by atoms with Crippen LogP contribution in [-0.2, 0) is 4.74 Å². The van der Waals surface area contributed by atoms with E-state index in [9.17, 15) is 13.2 Å². The van der Waals surface area contributed by atoms with Crippen molar-refractivity contribution in [1.29, 1.82) is 0 Å². The summed E-state index contributed by atoms with van der Waals surface area (Å²) in [6.45, 7) is -1.88. The lowest BCUT2D eigenvalue weighted by Gasteiger charge is -2.06. The average molecular weight is 143 g/mol. The molecule has 0 rings (SSSR count). The molecule has 0 unspecified atom stereocenters. The number of thiocarbonyl (C=S) groups is 1. The third-order valence-electron chi connectivity index (χ3n) is 0.347. The molecule has 0 N–H and O–H groups in total. The van der Waals surface area contributed by atoms with Crippen molar-refractivity contribution in [1.82, 2.24) is 0 Å². The van der Waals surface area contributed by atoms with Crippen LogP contribution in [-0.4, -0.2) is 18.3 Å². The molecule has 0 saturated heterocycles. The molecular formula is C3H2F3OS. The molecule has 0 saturated carbocycles. The molecule has 47 valence electrons. The summed E-state index contributed by atoms with van der Waals surface area (Å²) in [6, 6.07) is 0. The van der Waals surface area contributed by atoms with Gasteiger partial charge in [-0.3, -0.25) is 0 Å². The zero-order valence-corrected chi connectivity index (χ0v) is 4.47. The van der Waals surface area contributed by atoms with Crippen LogP contribution >= 0.6 is 12.2 Å². The second-order valence-electron chi connectivity index (χ2n) is 0.956. The fourth-order valence-corrected chi connectivity index (χ4v) is 0.210. The first-order chi connectivity index (χ1) is 3.62. The van der Waals surface area contributed by atoms with E-state index in [0.717, 1.165) is 0 Å². The van der Waals surface area contributed by atoms with Gasteiger partial charge in [0.25, 0.3) is 0 Å². The summed E-state index contributed by atoms with van der Waals surface area (Å²) >= 11 is 3.75. The maximum atomic E-state index is 11.4. The van der Waals surface area contributed by atoms with Crippen molar-refractivity contribution in [3.63, 3.8) is 0 Å². The van der Waals surface area contributed by atoms with Crippen molar-refractivity contribution < 1.29 is 17.9 Å². The Balaban J connectivity index is 3.53. The minimum absolute atomic E-state index is 1.25. The van der Waals surface area contributed by atoms with Crippen molar-refractivity contribution in [3.05, 3.63) is 0 Å². The van der Waals surface area contributed by atoms with Gasteiger partial charge in [0.1, 0.15) is 0 Å². The van der Waals surface area contributed by atoms with E-state index in [1.807, 2.05) is 0 Å². The molecule has 0 aromatic rings. The standard InChI is InChI=1S/C3H2F3OS/c4-1-3(5,6)7-2-8/h1H2. The Morgan fingerprint density at radius 1 is 1.62 bits per heavy atom. The van der Waals surface area contributed by atoms with E-state index in [1.165, 1.54) is 5.55 Å². The molecule has 0 aromatic heterocycles. The largest absolute Gasteiger partial charge is 0.427 e. The molecule has 0 aliphatic carbocycles.